The third-order valence-electron chi connectivity index (χ3n) is 3.03. The Bertz CT molecular complexity index is 802. The average Bonchev–Trinajstić information content (AvgIpc) is 3.03. The van der Waals surface area contributed by atoms with Crippen molar-refractivity contribution in [2.45, 2.75) is 6.61 Å². The number of nitriles is 1. The van der Waals surface area contributed by atoms with E-state index in [1.807, 2.05) is 12.1 Å². The molecule has 0 saturated carbocycles. The largest absolute Gasteiger partial charge is 0.484 e. The van der Waals surface area contributed by atoms with E-state index in [0.717, 1.165) is 5.56 Å². The monoisotopic (exact) mass is 310 g/mol. The summed E-state index contributed by atoms with van der Waals surface area (Å²) in [5.41, 5.74) is 1.50. The van der Waals surface area contributed by atoms with Gasteiger partial charge in [-0.1, -0.05) is 11.6 Å². The second-order valence-corrected chi connectivity index (χ2v) is 4.99. The Morgan fingerprint density at radius 1 is 1.09 bits per heavy atom. The summed E-state index contributed by atoms with van der Waals surface area (Å²) in [7, 11) is 0. The van der Waals surface area contributed by atoms with Gasteiger partial charge in [-0.05, 0) is 48.5 Å². The summed E-state index contributed by atoms with van der Waals surface area (Å²) < 4.78 is 11.2. The Hall–Kier alpha value is -2.77. The molecule has 0 saturated heterocycles. The fourth-order valence-electron chi connectivity index (χ4n) is 1.90. The minimum atomic E-state index is 0.222. The lowest BCUT2D eigenvalue weighted by atomic mass is 10.2. The van der Waals surface area contributed by atoms with Crippen molar-refractivity contribution < 1.29 is 9.15 Å². The van der Waals surface area contributed by atoms with Gasteiger partial charge in [0.05, 0.1) is 17.8 Å². The van der Waals surface area contributed by atoms with Crippen LogP contribution in [0.25, 0.3) is 11.3 Å². The number of benzene rings is 2. The predicted octanol–water partition coefficient (Wildman–Crippen LogP) is 4.45. The Morgan fingerprint density at radius 3 is 2.50 bits per heavy atom. The zero-order valence-corrected chi connectivity index (χ0v) is 12.2. The van der Waals surface area contributed by atoms with Crippen molar-refractivity contribution in [1.29, 1.82) is 5.26 Å². The van der Waals surface area contributed by atoms with E-state index in [4.69, 9.17) is 26.0 Å². The smallest absolute Gasteiger partial charge is 0.232 e. The number of hydrogen-bond donors (Lipinski definition) is 0. The van der Waals surface area contributed by atoms with Gasteiger partial charge in [0, 0.05) is 10.6 Å². The van der Waals surface area contributed by atoms with Gasteiger partial charge in [0.25, 0.3) is 0 Å². The molecule has 0 atom stereocenters. The molecule has 5 heteroatoms. The summed E-state index contributed by atoms with van der Waals surface area (Å²) in [5.74, 6) is 1.80. The molecule has 0 amide bonds. The molecule has 0 N–H and O–H groups in total. The summed E-state index contributed by atoms with van der Waals surface area (Å²) in [6.45, 7) is 0.222. The molecule has 3 rings (SSSR count). The van der Waals surface area contributed by atoms with E-state index in [1.54, 1.807) is 42.6 Å². The molecule has 1 heterocycles. The normalized spacial score (nSPS) is 10.2. The Kier molecular flexibility index (Phi) is 4.08. The molecule has 0 unspecified atom stereocenters. The van der Waals surface area contributed by atoms with Gasteiger partial charge in [-0.3, -0.25) is 0 Å². The van der Waals surface area contributed by atoms with Crippen molar-refractivity contribution in [1.82, 2.24) is 4.98 Å². The van der Waals surface area contributed by atoms with Crippen LogP contribution in [0.5, 0.6) is 5.75 Å². The number of halogens is 1. The standard InChI is InChI=1S/C17H11ClN2O2/c18-14-5-3-13(4-6-14)16-10-20-17(22-16)11-21-15-7-1-12(9-19)2-8-15/h1-8,10H,11H2. The third-order valence-corrected chi connectivity index (χ3v) is 3.28. The molecule has 3 aromatic rings. The first kappa shape index (κ1) is 14.2. The molecule has 0 aliphatic carbocycles. The van der Waals surface area contributed by atoms with Crippen molar-refractivity contribution in [3.63, 3.8) is 0 Å². The Morgan fingerprint density at radius 2 is 1.82 bits per heavy atom. The number of nitrogens with zero attached hydrogens (tertiary/aromatic N) is 2. The van der Waals surface area contributed by atoms with Crippen molar-refractivity contribution in [2.75, 3.05) is 0 Å². The van der Waals surface area contributed by atoms with E-state index in [-0.39, 0.29) is 6.61 Å². The maximum atomic E-state index is 8.74. The first-order valence-corrected chi connectivity index (χ1v) is 6.96. The van der Waals surface area contributed by atoms with Crippen LogP contribution in [0, 0.1) is 11.3 Å². The minimum absolute atomic E-state index is 0.222. The number of ether oxygens (including phenoxy) is 1. The van der Waals surface area contributed by atoms with Gasteiger partial charge in [-0.15, -0.1) is 0 Å². The van der Waals surface area contributed by atoms with E-state index >= 15 is 0 Å². The maximum absolute atomic E-state index is 8.74. The molecule has 0 aliphatic heterocycles. The van der Waals surface area contributed by atoms with Gasteiger partial charge in [0.2, 0.25) is 5.89 Å². The lowest BCUT2D eigenvalue weighted by Gasteiger charge is -2.03. The fraction of sp³-hybridized carbons (Fsp3) is 0.0588. The van der Waals surface area contributed by atoms with E-state index in [1.165, 1.54) is 0 Å². The molecule has 0 radical (unpaired) electrons. The topological polar surface area (TPSA) is 59.0 Å². The Balaban J connectivity index is 1.66. The van der Waals surface area contributed by atoms with Crippen LogP contribution in [0.3, 0.4) is 0 Å². The van der Waals surface area contributed by atoms with E-state index in [9.17, 15) is 0 Å². The van der Waals surface area contributed by atoms with Crippen molar-refractivity contribution in [2.24, 2.45) is 0 Å². The average molecular weight is 311 g/mol. The van der Waals surface area contributed by atoms with Crippen LogP contribution in [-0.2, 0) is 6.61 Å². The maximum Gasteiger partial charge on any atom is 0.232 e. The first-order chi connectivity index (χ1) is 10.7. The molecule has 4 nitrogen and oxygen atoms in total. The van der Waals surface area contributed by atoms with E-state index < -0.39 is 0 Å². The van der Waals surface area contributed by atoms with Crippen molar-refractivity contribution >= 4 is 11.6 Å². The van der Waals surface area contributed by atoms with Crippen LogP contribution in [0.4, 0.5) is 0 Å². The lowest BCUT2D eigenvalue weighted by molar-refractivity contribution is 0.264. The van der Waals surface area contributed by atoms with E-state index in [0.29, 0.717) is 28.0 Å². The van der Waals surface area contributed by atoms with Crippen molar-refractivity contribution in [3.8, 4) is 23.1 Å². The van der Waals surface area contributed by atoms with Crippen LogP contribution < -0.4 is 4.74 Å². The molecule has 0 fully saturated rings. The van der Waals surface area contributed by atoms with Gasteiger partial charge in [0.15, 0.2) is 12.4 Å². The second-order valence-electron chi connectivity index (χ2n) is 4.55. The summed E-state index contributed by atoms with van der Waals surface area (Å²) in [5, 5.41) is 9.41. The molecule has 0 spiro atoms. The zero-order chi connectivity index (χ0) is 15.4. The first-order valence-electron chi connectivity index (χ1n) is 6.58. The summed E-state index contributed by atoms with van der Waals surface area (Å²) in [6.07, 6.45) is 1.65. The van der Waals surface area contributed by atoms with Gasteiger partial charge < -0.3 is 9.15 Å². The molecule has 0 aliphatic rings. The van der Waals surface area contributed by atoms with Gasteiger partial charge in [-0.25, -0.2) is 4.98 Å². The van der Waals surface area contributed by atoms with Crippen LogP contribution in [0.1, 0.15) is 11.5 Å². The summed E-state index contributed by atoms with van der Waals surface area (Å²) >= 11 is 5.86. The van der Waals surface area contributed by atoms with Gasteiger partial charge >= 0.3 is 0 Å². The second kappa shape index (κ2) is 6.33. The third kappa shape index (κ3) is 3.27. The molecular formula is C17H11ClN2O2. The molecule has 108 valence electrons. The highest BCUT2D eigenvalue weighted by molar-refractivity contribution is 6.30. The van der Waals surface area contributed by atoms with Gasteiger partial charge in [-0.2, -0.15) is 5.26 Å². The lowest BCUT2D eigenvalue weighted by Crippen LogP contribution is -1.95. The summed E-state index contributed by atoms with van der Waals surface area (Å²) in [4.78, 5) is 4.19. The number of aromatic nitrogens is 1. The molecule has 1 aromatic heterocycles. The molecular weight excluding hydrogens is 300 g/mol. The minimum Gasteiger partial charge on any atom is -0.484 e. The predicted molar refractivity (Wildman–Crippen MR) is 82.4 cm³/mol. The van der Waals surface area contributed by atoms with Crippen LogP contribution in [0.15, 0.2) is 59.1 Å². The number of rotatable bonds is 4. The highest BCUT2D eigenvalue weighted by Crippen LogP contribution is 2.23. The SMILES string of the molecule is N#Cc1ccc(OCc2ncc(-c3ccc(Cl)cc3)o2)cc1. The summed E-state index contributed by atoms with van der Waals surface area (Å²) in [6, 6.07) is 16.3. The highest BCUT2D eigenvalue weighted by Gasteiger charge is 2.07. The Labute approximate surface area is 132 Å². The van der Waals surface area contributed by atoms with Crippen LogP contribution in [-0.4, -0.2) is 4.98 Å². The van der Waals surface area contributed by atoms with E-state index in [2.05, 4.69) is 11.1 Å². The molecule has 2 aromatic carbocycles. The zero-order valence-electron chi connectivity index (χ0n) is 11.5. The number of oxazole rings is 1. The quantitative estimate of drug-likeness (QED) is 0.714. The van der Waals surface area contributed by atoms with Gasteiger partial charge in [0.1, 0.15) is 5.75 Å². The van der Waals surface area contributed by atoms with Crippen LogP contribution >= 0.6 is 11.6 Å². The fourth-order valence-corrected chi connectivity index (χ4v) is 2.02. The number of hydrogen-bond acceptors (Lipinski definition) is 4. The molecule has 0 bridgehead atoms. The van der Waals surface area contributed by atoms with Crippen LogP contribution in [0.2, 0.25) is 5.02 Å². The molecule has 22 heavy (non-hydrogen) atoms. The van der Waals surface area contributed by atoms with Crippen molar-refractivity contribution in [3.05, 3.63) is 71.2 Å². The highest BCUT2D eigenvalue weighted by atomic mass is 35.5.